The first-order valence-electron chi connectivity index (χ1n) is 10.0. The molecule has 1 aromatic heterocycles. The number of hydrogen-bond donors (Lipinski definition) is 2. The highest BCUT2D eigenvalue weighted by Crippen LogP contribution is 2.23. The van der Waals surface area contributed by atoms with Gasteiger partial charge < -0.3 is 4.74 Å². The third-order valence-corrected chi connectivity index (χ3v) is 5.04. The van der Waals surface area contributed by atoms with Crippen LogP contribution < -0.4 is 10.2 Å². The van der Waals surface area contributed by atoms with Crippen molar-refractivity contribution in [3.05, 3.63) is 107 Å². The van der Waals surface area contributed by atoms with Crippen LogP contribution in [-0.2, 0) is 6.61 Å². The van der Waals surface area contributed by atoms with Gasteiger partial charge in [0, 0.05) is 10.6 Å². The van der Waals surface area contributed by atoms with Crippen LogP contribution in [0.1, 0.15) is 28.5 Å². The van der Waals surface area contributed by atoms with Crippen LogP contribution in [0.5, 0.6) is 5.75 Å². The molecular formula is C25H21ClN4O2. The number of nitrogens with zero attached hydrogens (tertiary/aromatic N) is 2. The van der Waals surface area contributed by atoms with Gasteiger partial charge in [0.25, 0.3) is 5.91 Å². The summed E-state index contributed by atoms with van der Waals surface area (Å²) in [6.07, 6.45) is 0. The Bertz CT molecular complexity index is 1230. The van der Waals surface area contributed by atoms with Gasteiger partial charge in [-0.1, -0.05) is 66.2 Å². The molecule has 2 N–H and O–H groups in total. The minimum Gasteiger partial charge on any atom is -0.489 e. The van der Waals surface area contributed by atoms with Gasteiger partial charge in [-0.15, -0.1) is 0 Å². The summed E-state index contributed by atoms with van der Waals surface area (Å²) in [5.74, 6) is 0.345. The first-order valence-corrected chi connectivity index (χ1v) is 10.4. The summed E-state index contributed by atoms with van der Waals surface area (Å²) in [5, 5.41) is 11.8. The Morgan fingerprint density at radius 2 is 1.81 bits per heavy atom. The van der Waals surface area contributed by atoms with Crippen LogP contribution in [0, 0.1) is 0 Å². The maximum atomic E-state index is 12.5. The lowest BCUT2D eigenvalue weighted by molar-refractivity contribution is 0.0950. The average Bonchev–Trinajstić information content (AvgIpc) is 3.33. The van der Waals surface area contributed by atoms with E-state index >= 15 is 0 Å². The van der Waals surface area contributed by atoms with Crippen LogP contribution >= 0.6 is 11.6 Å². The van der Waals surface area contributed by atoms with Gasteiger partial charge in [0.2, 0.25) is 0 Å². The van der Waals surface area contributed by atoms with Crippen LogP contribution in [0.3, 0.4) is 0 Å². The number of nitrogens with one attached hydrogen (secondary N) is 2. The summed E-state index contributed by atoms with van der Waals surface area (Å²) in [7, 11) is 0. The number of aromatic nitrogens is 2. The van der Waals surface area contributed by atoms with E-state index in [0.717, 1.165) is 22.4 Å². The van der Waals surface area contributed by atoms with Crippen molar-refractivity contribution in [2.75, 3.05) is 0 Å². The molecule has 4 rings (SSSR count). The van der Waals surface area contributed by atoms with Gasteiger partial charge in [0.15, 0.2) is 0 Å². The van der Waals surface area contributed by atoms with Gasteiger partial charge in [-0.05, 0) is 48.4 Å². The van der Waals surface area contributed by atoms with Gasteiger partial charge in [-0.3, -0.25) is 9.89 Å². The van der Waals surface area contributed by atoms with Crippen LogP contribution in [-0.4, -0.2) is 21.8 Å². The first-order chi connectivity index (χ1) is 15.6. The Balaban J connectivity index is 1.41. The fourth-order valence-electron chi connectivity index (χ4n) is 3.02. The van der Waals surface area contributed by atoms with E-state index < -0.39 is 0 Å². The molecule has 0 aliphatic heterocycles. The van der Waals surface area contributed by atoms with E-state index in [-0.39, 0.29) is 5.91 Å². The molecule has 0 spiro atoms. The van der Waals surface area contributed by atoms with E-state index in [1.807, 2.05) is 73.7 Å². The lowest BCUT2D eigenvalue weighted by Gasteiger charge is -2.07. The highest BCUT2D eigenvalue weighted by Gasteiger charge is 2.11. The fraction of sp³-hybridized carbons (Fsp3) is 0.0800. The molecule has 3 aromatic carbocycles. The number of benzene rings is 3. The van der Waals surface area contributed by atoms with Crippen molar-refractivity contribution in [1.82, 2.24) is 15.6 Å². The second kappa shape index (κ2) is 9.94. The minimum absolute atomic E-state index is 0.309. The second-order valence-corrected chi connectivity index (χ2v) is 7.55. The van der Waals surface area contributed by atoms with E-state index in [2.05, 4.69) is 20.7 Å². The summed E-state index contributed by atoms with van der Waals surface area (Å²) in [5.41, 5.74) is 6.95. The lowest BCUT2D eigenvalue weighted by Crippen LogP contribution is -2.19. The monoisotopic (exact) mass is 444 g/mol. The van der Waals surface area contributed by atoms with Crippen LogP contribution in [0.2, 0.25) is 5.02 Å². The first kappa shape index (κ1) is 21.3. The summed E-state index contributed by atoms with van der Waals surface area (Å²) in [6.45, 7) is 2.28. The zero-order chi connectivity index (χ0) is 22.3. The normalized spacial score (nSPS) is 11.2. The number of carbonyl (C=O) groups excluding carboxylic acids is 1. The zero-order valence-corrected chi connectivity index (χ0v) is 18.1. The molecule has 6 nitrogen and oxygen atoms in total. The van der Waals surface area contributed by atoms with E-state index in [1.165, 1.54) is 0 Å². The fourth-order valence-corrected chi connectivity index (χ4v) is 3.15. The Hall–Kier alpha value is -3.90. The molecule has 1 heterocycles. The summed E-state index contributed by atoms with van der Waals surface area (Å²) in [6, 6.07) is 26.5. The number of ether oxygens (including phenoxy) is 1. The van der Waals surface area contributed by atoms with Crippen LogP contribution in [0.4, 0.5) is 0 Å². The van der Waals surface area contributed by atoms with Gasteiger partial charge in [0.1, 0.15) is 18.1 Å². The zero-order valence-electron chi connectivity index (χ0n) is 17.4. The number of halogens is 1. The van der Waals surface area contributed by atoms with E-state index in [0.29, 0.717) is 28.7 Å². The molecule has 7 heteroatoms. The number of H-pyrrole nitrogens is 1. The number of carbonyl (C=O) groups is 1. The third-order valence-electron chi connectivity index (χ3n) is 4.79. The standard InChI is InChI=1S/C25H21ClN4O2/c1-17(19-10-12-21(26)13-11-19)27-30-25(31)24-15-23(28-29-24)20-8-5-9-22(14-20)32-16-18-6-3-2-4-7-18/h2-15H,16H2,1H3,(H,28,29)(H,30,31). The van der Waals surface area contributed by atoms with Crippen molar-refractivity contribution in [1.29, 1.82) is 0 Å². The molecule has 0 saturated heterocycles. The largest absolute Gasteiger partial charge is 0.489 e. The van der Waals surface area contributed by atoms with E-state index in [9.17, 15) is 4.79 Å². The smallest absolute Gasteiger partial charge is 0.289 e. The van der Waals surface area contributed by atoms with Crippen molar-refractivity contribution in [2.24, 2.45) is 5.10 Å². The van der Waals surface area contributed by atoms with Gasteiger partial charge in [-0.2, -0.15) is 10.2 Å². The molecular weight excluding hydrogens is 424 g/mol. The van der Waals surface area contributed by atoms with E-state index in [1.54, 1.807) is 18.2 Å². The summed E-state index contributed by atoms with van der Waals surface area (Å²) >= 11 is 5.90. The molecule has 0 fully saturated rings. The summed E-state index contributed by atoms with van der Waals surface area (Å²) < 4.78 is 5.88. The Kier molecular flexibility index (Phi) is 6.63. The average molecular weight is 445 g/mol. The maximum absolute atomic E-state index is 12.5. The number of amides is 1. The van der Waals surface area contributed by atoms with E-state index in [4.69, 9.17) is 16.3 Å². The molecule has 0 atom stereocenters. The van der Waals surface area contributed by atoms with Crippen LogP contribution in [0.25, 0.3) is 11.3 Å². The molecule has 0 aliphatic carbocycles. The lowest BCUT2D eigenvalue weighted by atomic mass is 10.1. The molecule has 0 bridgehead atoms. The number of hydrogen-bond acceptors (Lipinski definition) is 4. The van der Waals surface area contributed by atoms with Crippen molar-refractivity contribution < 1.29 is 9.53 Å². The maximum Gasteiger partial charge on any atom is 0.289 e. The summed E-state index contributed by atoms with van der Waals surface area (Å²) in [4.78, 5) is 12.5. The number of rotatable bonds is 7. The van der Waals surface area contributed by atoms with Crippen molar-refractivity contribution >= 4 is 23.2 Å². The molecule has 1 amide bonds. The van der Waals surface area contributed by atoms with Crippen molar-refractivity contribution in [3.63, 3.8) is 0 Å². The molecule has 4 aromatic rings. The number of hydrazone groups is 1. The van der Waals surface area contributed by atoms with Gasteiger partial charge in [0.05, 0.1) is 11.4 Å². The Morgan fingerprint density at radius 1 is 1.03 bits per heavy atom. The van der Waals surface area contributed by atoms with Crippen LogP contribution in [0.15, 0.2) is 90.0 Å². The van der Waals surface area contributed by atoms with Gasteiger partial charge in [-0.25, -0.2) is 5.43 Å². The SMILES string of the molecule is CC(=NNC(=O)c1cc(-c2cccc(OCc3ccccc3)c2)n[nH]1)c1ccc(Cl)cc1. The predicted octanol–water partition coefficient (Wildman–Crippen LogP) is 5.46. The third kappa shape index (κ3) is 5.42. The van der Waals surface area contributed by atoms with Crippen molar-refractivity contribution in [2.45, 2.75) is 13.5 Å². The number of aromatic amines is 1. The second-order valence-electron chi connectivity index (χ2n) is 7.11. The van der Waals surface area contributed by atoms with Crippen molar-refractivity contribution in [3.8, 4) is 17.0 Å². The highest BCUT2D eigenvalue weighted by atomic mass is 35.5. The molecule has 0 unspecified atom stereocenters. The molecule has 0 radical (unpaired) electrons. The predicted molar refractivity (Wildman–Crippen MR) is 126 cm³/mol. The Morgan fingerprint density at radius 3 is 2.59 bits per heavy atom. The quantitative estimate of drug-likeness (QED) is 0.293. The molecule has 32 heavy (non-hydrogen) atoms. The Labute approximate surface area is 190 Å². The topological polar surface area (TPSA) is 79.4 Å². The molecule has 0 saturated carbocycles. The highest BCUT2D eigenvalue weighted by molar-refractivity contribution is 6.30. The molecule has 160 valence electrons. The van der Waals surface area contributed by atoms with Gasteiger partial charge >= 0.3 is 0 Å². The minimum atomic E-state index is -0.381. The molecule has 0 aliphatic rings.